The highest BCUT2D eigenvalue weighted by atomic mass is 16.6. The fourth-order valence-electron chi connectivity index (χ4n) is 4.21. The average Bonchev–Trinajstić information content (AvgIpc) is 2.63. The van der Waals surface area contributed by atoms with Crippen molar-refractivity contribution in [3.63, 3.8) is 0 Å². The van der Waals surface area contributed by atoms with Gasteiger partial charge in [0.25, 0.3) is 0 Å². The van der Waals surface area contributed by atoms with Crippen LogP contribution in [-0.2, 0) is 9.53 Å². The molecule has 19 heavy (non-hydrogen) atoms. The molecular weight excluding hydrogens is 240 g/mol. The van der Waals surface area contributed by atoms with Crippen molar-refractivity contribution in [1.29, 1.82) is 0 Å². The zero-order chi connectivity index (χ0) is 13.5. The largest absolute Gasteiger partial charge is 0.451 e. The van der Waals surface area contributed by atoms with Gasteiger partial charge in [-0.3, -0.25) is 0 Å². The van der Waals surface area contributed by atoms with Crippen LogP contribution in [-0.4, -0.2) is 22.3 Å². The van der Waals surface area contributed by atoms with E-state index in [1.807, 2.05) is 6.92 Å². The first-order chi connectivity index (χ1) is 9.07. The van der Waals surface area contributed by atoms with Gasteiger partial charge in [-0.05, 0) is 51.0 Å². The van der Waals surface area contributed by atoms with Crippen molar-refractivity contribution in [2.45, 2.75) is 82.3 Å². The van der Waals surface area contributed by atoms with Gasteiger partial charge in [0.1, 0.15) is 5.60 Å². The number of hydrogen-bond acceptors (Lipinski definition) is 3. The lowest BCUT2D eigenvalue weighted by molar-refractivity contribution is -0.151. The molecule has 1 aliphatic heterocycles. The molecule has 0 saturated heterocycles. The van der Waals surface area contributed by atoms with Crippen molar-refractivity contribution in [3.05, 3.63) is 11.1 Å². The molecule has 0 aromatic heterocycles. The molecule has 1 heterocycles. The predicted octanol–water partition coefficient (Wildman–Crippen LogP) is 3.26. The molecule has 3 rings (SSSR count). The van der Waals surface area contributed by atoms with E-state index in [-0.39, 0.29) is 11.6 Å². The highest BCUT2D eigenvalue weighted by molar-refractivity contribution is 5.95. The zero-order valence-electron chi connectivity index (χ0n) is 11.8. The maximum absolute atomic E-state index is 12.3. The number of carbonyl (C=O) groups excluding carboxylic acids is 1. The summed E-state index contributed by atoms with van der Waals surface area (Å²) in [4.78, 5) is 12.3. The van der Waals surface area contributed by atoms with Crippen LogP contribution in [0.15, 0.2) is 11.1 Å². The van der Waals surface area contributed by atoms with Crippen molar-refractivity contribution in [2.75, 3.05) is 0 Å². The Morgan fingerprint density at radius 1 is 0.947 bits per heavy atom. The minimum Gasteiger partial charge on any atom is -0.451 e. The molecule has 106 valence electrons. The molecule has 0 radical (unpaired) electrons. The van der Waals surface area contributed by atoms with E-state index in [4.69, 9.17) is 4.74 Å². The lowest BCUT2D eigenvalue weighted by Gasteiger charge is -2.34. The van der Waals surface area contributed by atoms with Crippen LogP contribution in [0.4, 0.5) is 0 Å². The van der Waals surface area contributed by atoms with E-state index in [9.17, 15) is 9.90 Å². The second-order valence-corrected chi connectivity index (χ2v) is 6.54. The number of hydrogen-bond donors (Lipinski definition) is 1. The van der Waals surface area contributed by atoms with Crippen molar-refractivity contribution in [2.24, 2.45) is 0 Å². The van der Waals surface area contributed by atoms with Crippen LogP contribution in [0.1, 0.15) is 71.1 Å². The molecule has 0 unspecified atom stereocenters. The Morgan fingerprint density at radius 3 is 2.05 bits per heavy atom. The van der Waals surface area contributed by atoms with Gasteiger partial charge in [0.05, 0.1) is 11.2 Å². The van der Waals surface area contributed by atoms with E-state index in [1.165, 1.54) is 6.42 Å². The smallest absolute Gasteiger partial charge is 0.337 e. The number of esters is 1. The molecule has 2 saturated carbocycles. The SMILES string of the molecule is CC1=C(C2(O)CCCCC2)C(=O)OC12CCCCC2. The summed E-state index contributed by atoms with van der Waals surface area (Å²) < 4.78 is 5.76. The molecule has 3 aliphatic rings. The Hall–Kier alpha value is -0.830. The summed E-state index contributed by atoms with van der Waals surface area (Å²) in [6, 6.07) is 0. The topological polar surface area (TPSA) is 46.5 Å². The molecule has 0 atom stereocenters. The maximum atomic E-state index is 12.3. The molecule has 3 heteroatoms. The molecule has 0 aromatic rings. The third kappa shape index (κ3) is 2.03. The summed E-state index contributed by atoms with van der Waals surface area (Å²) in [5.41, 5.74) is 0.341. The highest BCUT2D eigenvalue weighted by Gasteiger charge is 2.51. The predicted molar refractivity (Wildman–Crippen MR) is 72.6 cm³/mol. The third-order valence-electron chi connectivity index (χ3n) is 5.36. The van der Waals surface area contributed by atoms with E-state index in [0.29, 0.717) is 18.4 Å². The number of rotatable bonds is 1. The summed E-state index contributed by atoms with van der Waals surface area (Å²) >= 11 is 0. The van der Waals surface area contributed by atoms with Gasteiger partial charge in [-0.15, -0.1) is 0 Å². The van der Waals surface area contributed by atoms with Crippen molar-refractivity contribution in [3.8, 4) is 0 Å². The van der Waals surface area contributed by atoms with Crippen LogP contribution >= 0.6 is 0 Å². The molecule has 3 nitrogen and oxygen atoms in total. The second-order valence-electron chi connectivity index (χ2n) is 6.54. The van der Waals surface area contributed by atoms with Crippen LogP contribution < -0.4 is 0 Å². The monoisotopic (exact) mass is 264 g/mol. The summed E-state index contributed by atoms with van der Waals surface area (Å²) in [6.45, 7) is 2.01. The molecule has 0 bridgehead atoms. The molecule has 1 N–H and O–H groups in total. The van der Waals surface area contributed by atoms with Crippen LogP contribution in [0.25, 0.3) is 0 Å². The summed E-state index contributed by atoms with van der Waals surface area (Å²) in [6.07, 6.45) is 9.94. The standard InChI is InChI=1S/C16H24O3/c1-12-13(15(18)8-4-2-5-9-15)14(17)19-16(12)10-6-3-7-11-16/h18H,2-11H2,1H3. The minimum atomic E-state index is -0.916. The molecule has 2 fully saturated rings. The van der Waals surface area contributed by atoms with E-state index < -0.39 is 5.60 Å². The fraction of sp³-hybridized carbons (Fsp3) is 0.812. The van der Waals surface area contributed by atoms with Crippen LogP contribution in [0, 0.1) is 0 Å². The van der Waals surface area contributed by atoms with Gasteiger partial charge in [-0.25, -0.2) is 4.79 Å². The van der Waals surface area contributed by atoms with E-state index >= 15 is 0 Å². The van der Waals surface area contributed by atoms with Gasteiger partial charge >= 0.3 is 5.97 Å². The van der Waals surface area contributed by atoms with Crippen molar-refractivity contribution in [1.82, 2.24) is 0 Å². The normalized spacial score (nSPS) is 29.7. The van der Waals surface area contributed by atoms with Crippen molar-refractivity contribution < 1.29 is 14.6 Å². The lowest BCUT2D eigenvalue weighted by Crippen LogP contribution is -2.36. The second kappa shape index (κ2) is 4.62. The summed E-state index contributed by atoms with van der Waals surface area (Å²) in [7, 11) is 0. The lowest BCUT2D eigenvalue weighted by atomic mass is 9.73. The van der Waals surface area contributed by atoms with E-state index in [2.05, 4.69) is 0 Å². The van der Waals surface area contributed by atoms with Gasteiger partial charge in [-0.2, -0.15) is 0 Å². The Bertz CT molecular complexity index is 410. The molecule has 0 aromatic carbocycles. The summed E-state index contributed by atoms with van der Waals surface area (Å²) in [5, 5.41) is 10.9. The maximum Gasteiger partial charge on any atom is 0.337 e. The Balaban J connectivity index is 1.96. The quantitative estimate of drug-likeness (QED) is 0.739. The first kappa shape index (κ1) is 13.2. The van der Waals surface area contributed by atoms with Crippen LogP contribution in [0.2, 0.25) is 0 Å². The van der Waals surface area contributed by atoms with Crippen LogP contribution in [0.5, 0.6) is 0 Å². The first-order valence-electron chi connectivity index (χ1n) is 7.75. The Kier molecular flexibility index (Phi) is 3.20. The van der Waals surface area contributed by atoms with Gasteiger partial charge in [0, 0.05) is 0 Å². The van der Waals surface area contributed by atoms with E-state index in [0.717, 1.165) is 50.5 Å². The first-order valence-corrected chi connectivity index (χ1v) is 7.75. The fourth-order valence-corrected chi connectivity index (χ4v) is 4.21. The van der Waals surface area contributed by atoms with Crippen LogP contribution in [0.3, 0.4) is 0 Å². The molecule has 1 spiro atoms. The molecule has 0 amide bonds. The molecular formula is C16H24O3. The highest BCUT2D eigenvalue weighted by Crippen LogP contribution is 2.48. The summed E-state index contributed by atoms with van der Waals surface area (Å²) in [5.74, 6) is -0.246. The number of ether oxygens (including phenoxy) is 1. The Morgan fingerprint density at radius 2 is 1.47 bits per heavy atom. The number of carbonyl (C=O) groups is 1. The van der Waals surface area contributed by atoms with Gasteiger partial charge in [-0.1, -0.05) is 25.7 Å². The Labute approximate surface area is 115 Å². The zero-order valence-corrected chi connectivity index (χ0v) is 11.8. The minimum absolute atomic E-state index is 0.246. The number of aliphatic hydroxyl groups is 1. The third-order valence-corrected chi connectivity index (χ3v) is 5.36. The van der Waals surface area contributed by atoms with E-state index in [1.54, 1.807) is 0 Å². The van der Waals surface area contributed by atoms with Gasteiger partial charge in [0.15, 0.2) is 0 Å². The van der Waals surface area contributed by atoms with Gasteiger partial charge in [0.2, 0.25) is 0 Å². The average molecular weight is 264 g/mol. The van der Waals surface area contributed by atoms with Crippen molar-refractivity contribution >= 4 is 5.97 Å². The molecule has 2 aliphatic carbocycles. The van der Waals surface area contributed by atoms with Gasteiger partial charge < -0.3 is 9.84 Å².